The fourth-order valence-corrected chi connectivity index (χ4v) is 2.82. The van der Waals surface area contributed by atoms with E-state index < -0.39 is 23.5 Å². The van der Waals surface area contributed by atoms with Crippen LogP contribution in [0, 0.1) is 0 Å². The first-order valence-corrected chi connectivity index (χ1v) is 7.23. The molecule has 0 bridgehead atoms. The van der Waals surface area contributed by atoms with E-state index in [9.17, 15) is 13.7 Å². The van der Waals surface area contributed by atoms with Crippen molar-refractivity contribution in [1.82, 2.24) is 0 Å². The van der Waals surface area contributed by atoms with E-state index in [0.717, 1.165) is 0 Å². The zero-order chi connectivity index (χ0) is 13.6. The number of hydrogen-bond donors (Lipinski definition) is 5. The summed E-state index contributed by atoms with van der Waals surface area (Å²) in [6.07, 6.45) is 0. The largest absolute Gasteiger partial charge is 0.490 e. The summed E-state index contributed by atoms with van der Waals surface area (Å²) in [5.41, 5.74) is 13.5. The van der Waals surface area contributed by atoms with Crippen molar-refractivity contribution in [2.45, 2.75) is 0 Å². The Morgan fingerprint density at radius 3 is 1.12 bits per heavy atom. The third-order valence-electron chi connectivity index (χ3n) is 0.419. The summed E-state index contributed by atoms with van der Waals surface area (Å²) in [5.74, 6) is 0. The van der Waals surface area contributed by atoms with Crippen LogP contribution in [0.25, 0.3) is 16.0 Å². The van der Waals surface area contributed by atoms with Gasteiger partial charge in [-0.25, -0.2) is 13.7 Å². The molecule has 0 spiro atoms. The maximum Gasteiger partial charge on any atom is 0.490 e. The van der Waals surface area contributed by atoms with E-state index in [1.807, 2.05) is 0 Å². The molecule has 16 heteroatoms. The molecule has 0 saturated heterocycles. The Bertz CT molecular complexity index is 352. The van der Waals surface area contributed by atoms with Crippen molar-refractivity contribution in [2.24, 2.45) is 0 Å². The smallest absolute Gasteiger partial charge is 0.373 e. The van der Waals surface area contributed by atoms with Crippen LogP contribution in [0.3, 0.4) is 0 Å². The molecule has 0 rings (SSSR count). The van der Waals surface area contributed by atoms with Crippen LogP contribution in [0.5, 0.6) is 0 Å². The lowest BCUT2D eigenvalue weighted by Gasteiger charge is -2.11. The van der Waals surface area contributed by atoms with Crippen molar-refractivity contribution in [3.05, 3.63) is 16.0 Å². The van der Waals surface area contributed by atoms with E-state index in [0.29, 0.717) is 0 Å². The van der Waals surface area contributed by atoms with Gasteiger partial charge in [-0.05, 0) is 0 Å². The SMILES string of the molecule is O=P(O)(O)OP(=O)(O)OP(=O)(O)O.[N-]=[N+]=[N-]. The minimum absolute atomic E-state index is 1.50. The molecular formula is H5N3O10P3-. The van der Waals surface area contributed by atoms with E-state index in [2.05, 4.69) is 8.62 Å². The highest BCUT2D eigenvalue weighted by Gasteiger charge is 2.38. The highest BCUT2D eigenvalue weighted by atomic mass is 31.3. The van der Waals surface area contributed by atoms with Crippen molar-refractivity contribution in [2.75, 3.05) is 0 Å². The molecule has 0 radical (unpaired) electrons. The van der Waals surface area contributed by atoms with E-state index in [1.54, 1.807) is 0 Å². The molecule has 0 atom stereocenters. The number of phosphoric acid groups is 3. The van der Waals surface area contributed by atoms with E-state index >= 15 is 0 Å². The Kier molecular flexibility index (Phi) is 7.30. The standard InChI is InChI=1S/N3.H5O10P3/c1-3-2;1-11(2,3)9-13(7,8)10-12(4,5)6/h;(H,7,8)(H2,1,2,3)(H2,4,5,6)/q-1;. The van der Waals surface area contributed by atoms with E-state index in [-0.39, 0.29) is 0 Å². The first-order chi connectivity index (χ1) is 6.83. The van der Waals surface area contributed by atoms with Gasteiger partial charge < -0.3 is 35.5 Å². The third-order valence-corrected chi connectivity index (χ3v) is 3.77. The van der Waals surface area contributed by atoms with Gasteiger partial charge in [0.25, 0.3) is 0 Å². The van der Waals surface area contributed by atoms with Gasteiger partial charge in [0.2, 0.25) is 0 Å². The molecule has 0 aliphatic rings. The van der Waals surface area contributed by atoms with E-state index in [1.165, 1.54) is 4.91 Å². The average Bonchev–Trinajstić information content (AvgIpc) is 1.73. The summed E-state index contributed by atoms with van der Waals surface area (Å²) < 4.78 is 36.4. The topological polar surface area (TPSA) is 230 Å². The third kappa shape index (κ3) is 16.2. The molecule has 16 heavy (non-hydrogen) atoms. The second kappa shape index (κ2) is 6.45. The van der Waals surface area contributed by atoms with Crippen LogP contribution in [0.4, 0.5) is 0 Å². The summed E-state index contributed by atoms with van der Waals surface area (Å²) >= 11 is 0. The summed E-state index contributed by atoms with van der Waals surface area (Å²) in [6, 6.07) is 0. The Labute approximate surface area is 87.2 Å². The molecule has 5 N–H and O–H groups in total. The summed E-state index contributed by atoms with van der Waals surface area (Å²) in [5, 5.41) is 0. The molecule has 0 unspecified atom stereocenters. The maximum atomic E-state index is 10.4. The van der Waals surface area contributed by atoms with Crippen molar-refractivity contribution < 1.29 is 46.8 Å². The van der Waals surface area contributed by atoms with Crippen LogP contribution in [0.15, 0.2) is 0 Å². The van der Waals surface area contributed by atoms with Gasteiger partial charge in [0.1, 0.15) is 0 Å². The molecule has 0 fully saturated rings. The molecule has 0 aliphatic heterocycles. The second-order valence-electron chi connectivity index (χ2n) is 1.70. The van der Waals surface area contributed by atoms with E-state index in [4.69, 9.17) is 35.5 Å². The fourth-order valence-electron chi connectivity index (χ4n) is 0.284. The molecule has 0 amide bonds. The zero-order valence-corrected chi connectivity index (χ0v) is 9.64. The summed E-state index contributed by atoms with van der Waals surface area (Å²) in [4.78, 5) is 41.7. The monoisotopic (exact) mass is 300 g/mol. The quantitative estimate of drug-likeness (QED) is 0.204. The van der Waals surface area contributed by atoms with Gasteiger partial charge in [-0.15, -0.1) is 0 Å². The predicted octanol–water partition coefficient (Wildman–Crippen LogP) is 0.171. The molecule has 0 saturated carbocycles. The van der Waals surface area contributed by atoms with Crippen LogP contribution in [-0.2, 0) is 22.3 Å². The van der Waals surface area contributed by atoms with Crippen LogP contribution >= 0.6 is 23.5 Å². The molecule has 13 nitrogen and oxygen atoms in total. The van der Waals surface area contributed by atoms with Crippen LogP contribution in [-0.4, -0.2) is 24.5 Å². The highest BCUT2D eigenvalue weighted by molar-refractivity contribution is 7.66. The van der Waals surface area contributed by atoms with Crippen LogP contribution in [0.2, 0.25) is 0 Å². The van der Waals surface area contributed by atoms with Gasteiger partial charge in [0.05, 0.1) is 0 Å². The molecule has 0 aromatic rings. The van der Waals surface area contributed by atoms with Gasteiger partial charge in [-0.3, -0.25) is 4.91 Å². The van der Waals surface area contributed by atoms with Crippen molar-refractivity contribution in [3.63, 3.8) is 0 Å². The van der Waals surface area contributed by atoms with Gasteiger partial charge in [0, 0.05) is 0 Å². The average molecular weight is 300 g/mol. The lowest BCUT2D eigenvalue weighted by atomic mass is 13.0. The second-order valence-corrected chi connectivity index (χ2v) is 5.91. The Balaban J connectivity index is 0. The number of nitrogens with zero attached hydrogens (tertiary/aromatic N) is 3. The minimum Gasteiger partial charge on any atom is -0.373 e. The molecule has 0 aliphatic carbocycles. The zero-order valence-electron chi connectivity index (χ0n) is 6.96. The van der Waals surface area contributed by atoms with Gasteiger partial charge >= 0.3 is 23.5 Å². The minimum atomic E-state index is -5.46. The first kappa shape index (κ1) is 18.1. The van der Waals surface area contributed by atoms with Crippen molar-refractivity contribution >= 4 is 23.5 Å². The van der Waals surface area contributed by atoms with Crippen molar-refractivity contribution in [1.29, 1.82) is 0 Å². The Morgan fingerprint density at radius 2 is 1.00 bits per heavy atom. The van der Waals surface area contributed by atoms with Gasteiger partial charge in [0.15, 0.2) is 0 Å². The van der Waals surface area contributed by atoms with Crippen LogP contribution < -0.4 is 0 Å². The van der Waals surface area contributed by atoms with Gasteiger partial charge in [-0.2, -0.15) is 8.62 Å². The Hall–Kier alpha value is -0.280. The predicted molar refractivity (Wildman–Crippen MR) is 46.2 cm³/mol. The Morgan fingerprint density at radius 1 is 0.812 bits per heavy atom. The number of rotatable bonds is 4. The highest BCUT2D eigenvalue weighted by Crippen LogP contribution is 2.64. The number of hydrogen-bond acceptors (Lipinski definition) is 5. The van der Waals surface area contributed by atoms with Crippen molar-refractivity contribution in [3.8, 4) is 0 Å². The molecule has 0 aromatic heterocycles. The first-order valence-electron chi connectivity index (χ1n) is 2.68. The maximum absolute atomic E-state index is 10.4. The molecule has 0 heterocycles. The molecular weight excluding hydrogens is 295 g/mol. The van der Waals surface area contributed by atoms with Gasteiger partial charge in [-0.1, -0.05) is 0 Å². The normalized spacial score (nSPS) is 12.3. The summed E-state index contributed by atoms with van der Waals surface area (Å²) in [7, 11) is -16.2. The fraction of sp³-hybridized carbons (Fsp3) is 0. The lowest BCUT2D eigenvalue weighted by Crippen LogP contribution is -1.91. The molecule has 96 valence electrons. The van der Waals surface area contributed by atoms with Crippen LogP contribution in [0.1, 0.15) is 0 Å². The molecule has 0 aromatic carbocycles. The summed E-state index contributed by atoms with van der Waals surface area (Å²) in [6.45, 7) is 0. The lowest BCUT2D eigenvalue weighted by molar-refractivity contribution is 0.204.